The van der Waals surface area contributed by atoms with Gasteiger partial charge in [0, 0.05) is 24.2 Å². The number of hydrogen-bond acceptors (Lipinski definition) is 6. The Hall–Kier alpha value is -3.07. The molecule has 2 amide bonds. The van der Waals surface area contributed by atoms with Crippen molar-refractivity contribution in [1.29, 1.82) is 0 Å². The van der Waals surface area contributed by atoms with E-state index < -0.39 is 0 Å². The molecule has 9 heteroatoms. The van der Waals surface area contributed by atoms with Crippen molar-refractivity contribution in [2.75, 3.05) is 18.1 Å². The standard InChI is InChI=1S/C19H21N5O3S/c1-14(17-8-9-27-22-17)23(2)19(26)12-24-11-15(10-20-24)21-18(25)13-28-16-6-4-3-5-7-16/h3-11,14H,12-13H2,1-2H3,(H,21,25)/t14-/m0/s1. The Kier molecular flexibility index (Phi) is 6.49. The molecule has 1 N–H and O–H groups in total. The van der Waals surface area contributed by atoms with Crippen molar-refractivity contribution in [1.82, 2.24) is 19.8 Å². The molecule has 0 saturated heterocycles. The molecule has 0 aliphatic heterocycles. The SMILES string of the molecule is C[C@@H](c1ccon1)N(C)C(=O)Cn1cc(NC(=O)CSc2ccccc2)cn1. The quantitative estimate of drug-likeness (QED) is 0.586. The first-order chi connectivity index (χ1) is 13.5. The monoisotopic (exact) mass is 399 g/mol. The summed E-state index contributed by atoms with van der Waals surface area (Å²) in [5.74, 6) is 0.0409. The van der Waals surface area contributed by atoms with Crippen LogP contribution in [0.15, 0.2) is 64.5 Å². The van der Waals surface area contributed by atoms with E-state index in [0.717, 1.165) is 4.90 Å². The van der Waals surface area contributed by atoms with Crippen molar-refractivity contribution < 1.29 is 14.1 Å². The fourth-order valence-corrected chi connectivity index (χ4v) is 3.20. The Balaban J connectivity index is 1.49. The maximum absolute atomic E-state index is 12.5. The summed E-state index contributed by atoms with van der Waals surface area (Å²) in [6.07, 6.45) is 4.64. The highest BCUT2D eigenvalue weighted by molar-refractivity contribution is 8.00. The van der Waals surface area contributed by atoms with Gasteiger partial charge >= 0.3 is 0 Å². The summed E-state index contributed by atoms with van der Waals surface area (Å²) in [5, 5.41) is 10.8. The molecule has 0 aliphatic rings. The molecule has 2 heterocycles. The van der Waals surface area contributed by atoms with Crippen molar-refractivity contribution in [2.45, 2.75) is 24.4 Å². The molecule has 0 spiro atoms. The van der Waals surface area contributed by atoms with Crippen LogP contribution in [0, 0.1) is 0 Å². The van der Waals surface area contributed by atoms with Crippen LogP contribution in [0.1, 0.15) is 18.7 Å². The van der Waals surface area contributed by atoms with Gasteiger partial charge in [0.1, 0.15) is 18.5 Å². The van der Waals surface area contributed by atoms with Gasteiger partial charge in [-0.2, -0.15) is 5.10 Å². The smallest absolute Gasteiger partial charge is 0.244 e. The Morgan fingerprint density at radius 2 is 2.07 bits per heavy atom. The highest BCUT2D eigenvalue weighted by Gasteiger charge is 2.20. The lowest BCUT2D eigenvalue weighted by atomic mass is 10.2. The van der Waals surface area contributed by atoms with Gasteiger partial charge in [-0.1, -0.05) is 23.4 Å². The summed E-state index contributed by atoms with van der Waals surface area (Å²) in [7, 11) is 1.70. The Labute approximate surface area is 166 Å². The molecule has 0 fully saturated rings. The number of nitrogens with one attached hydrogen (secondary N) is 1. The van der Waals surface area contributed by atoms with Crippen LogP contribution >= 0.6 is 11.8 Å². The first-order valence-corrected chi connectivity index (χ1v) is 9.67. The van der Waals surface area contributed by atoms with Gasteiger partial charge in [0.05, 0.1) is 23.7 Å². The molecule has 28 heavy (non-hydrogen) atoms. The van der Waals surface area contributed by atoms with Crippen molar-refractivity contribution >= 4 is 29.3 Å². The number of aromatic nitrogens is 3. The van der Waals surface area contributed by atoms with Crippen LogP contribution in [0.3, 0.4) is 0 Å². The zero-order chi connectivity index (χ0) is 19.9. The third-order valence-corrected chi connectivity index (χ3v) is 5.20. The van der Waals surface area contributed by atoms with E-state index >= 15 is 0 Å². The maximum atomic E-state index is 12.5. The summed E-state index contributed by atoms with van der Waals surface area (Å²) in [6, 6.07) is 11.2. The Morgan fingerprint density at radius 3 is 2.79 bits per heavy atom. The van der Waals surface area contributed by atoms with Crippen LogP contribution in [0.5, 0.6) is 0 Å². The van der Waals surface area contributed by atoms with E-state index in [0.29, 0.717) is 17.1 Å². The third-order valence-electron chi connectivity index (χ3n) is 4.19. The Bertz CT molecular complexity index is 911. The highest BCUT2D eigenvalue weighted by atomic mass is 32.2. The summed E-state index contributed by atoms with van der Waals surface area (Å²) in [5.41, 5.74) is 1.24. The number of thioether (sulfide) groups is 1. The minimum Gasteiger partial charge on any atom is -0.364 e. The van der Waals surface area contributed by atoms with Crippen molar-refractivity contribution in [3.05, 3.63) is 60.7 Å². The van der Waals surface area contributed by atoms with Gasteiger partial charge in [0.2, 0.25) is 11.8 Å². The Morgan fingerprint density at radius 1 is 1.29 bits per heavy atom. The topological polar surface area (TPSA) is 93.3 Å². The van der Waals surface area contributed by atoms with Crippen LogP contribution in [0.25, 0.3) is 0 Å². The van der Waals surface area contributed by atoms with E-state index in [4.69, 9.17) is 4.52 Å². The lowest BCUT2D eigenvalue weighted by Gasteiger charge is -2.23. The van der Waals surface area contributed by atoms with E-state index in [9.17, 15) is 9.59 Å². The molecule has 146 valence electrons. The average Bonchev–Trinajstić information content (AvgIpc) is 3.38. The number of anilines is 1. The first-order valence-electron chi connectivity index (χ1n) is 8.69. The van der Waals surface area contributed by atoms with Crippen LogP contribution in [0.2, 0.25) is 0 Å². The molecular formula is C19H21N5O3S. The van der Waals surface area contributed by atoms with Crippen LogP contribution in [-0.2, 0) is 16.1 Å². The second-order valence-corrected chi connectivity index (χ2v) is 7.23. The second kappa shape index (κ2) is 9.23. The summed E-state index contributed by atoms with van der Waals surface area (Å²) in [4.78, 5) is 27.2. The van der Waals surface area contributed by atoms with Gasteiger partial charge in [-0.15, -0.1) is 11.8 Å². The van der Waals surface area contributed by atoms with Crippen molar-refractivity contribution in [3.63, 3.8) is 0 Å². The minimum absolute atomic E-state index is 0.0628. The number of nitrogens with zero attached hydrogens (tertiary/aromatic N) is 4. The van der Waals surface area contributed by atoms with Gasteiger partial charge in [0.15, 0.2) is 0 Å². The van der Waals surface area contributed by atoms with Gasteiger partial charge < -0.3 is 14.7 Å². The first kappa shape index (κ1) is 19.7. The molecule has 0 saturated carbocycles. The number of rotatable bonds is 8. The number of carbonyl (C=O) groups is 2. The summed E-state index contributed by atoms with van der Waals surface area (Å²) < 4.78 is 6.32. The van der Waals surface area contributed by atoms with Crippen LogP contribution in [0.4, 0.5) is 5.69 Å². The van der Waals surface area contributed by atoms with E-state index in [1.54, 1.807) is 24.2 Å². The molecule has 2 aromatic heterocycles. The molecule has 0 bridgehead atoms. The highest BCUT2D eigenvalue weighted by Crippen LogP contribution is 2.18. The molecule has 0 radical (unpaired) electrons. The van der Waals surface area contributed by atoms with E-state index in [-0.39, 0.29) is 24.4 Å². The fourth-order valence-electron chi connectivity index (χ4n) is 2.48. The number of hydrogen-bond donors (Lipinski definition) is 1. The van der Waals surface area contributed by atoms with Crippen LogP contribution < -0.4 is 5.32 Å². The largest absolute Gasteiger partial charge is 0.364 e. The van der Waals surface area contributed by atoms with Crippen LogP contribution in [-0.4, -0.2) is 44.5 Å². The van der Waals surface area contributed by atoms with Gasteiger partial charge in [-0.25, -0.2) is 0 Å². The van der Waals surface area contributed by atoms with Gasteiger partial charge in [0.25, 0.3) is 0 Å². The second-order valence-electron chi connectivity index (χ2n) is 6.18. The summed E-state index contributed by atoms with van der Waals surface area (Å²) >= 11 is 1.46. The average molecular weight is 399 g/mol. The number of carbonyl (C=O) groups excluding carboxylic acids is 2. The molecule has 0 unspecified atom stereocenters. The van der Waals surface area contributed by atoms with Gasteiger partial charge in [-0.05, 0) is 19.1 Å². The number of benzene rings is 1. The van der Waals surface area contributed by atoms with E-state index in [2.05, 4.69) is 15.6 Å². The zero-order valence-electron chi connectivity index (χ0n) is 15.6. The molecule has 3 rings (SSSR count). The third kappa shape index (κ3) is 5.23. The molecule has 1 atom stereocenters. The molecule has 3 aromatic rings. The van der Waals surface area contributed by atoms with E-state index in [1.165, 1.54) is 28.9 Å². The molecule has 1 aromatic carbocycles. The lowest BCUT2D eigenvalue weighted by molar-refractivity contribution is -0.132. The summed E-state index contributed by atoms with van der Waals surface area (Å²) in [6.45, 7) is 1.93. The molecule has 8 nitrogen and oxygen atoms in total. The number of amides is 2. The van der Waals surface area contributed by atoms with Crippen molar-refractivity contribution in [2.24, 2.45) is 0 Å². The van der Waals surface area contributed by atoms with Crippen molar-refractivity contribution in [3.8, 4) is 0 Å². The van der Waals surface area contributed by atoms with Gasteiger partial charge in [-0.3, -0.25) is 14.3 Å². The minimum atomic E-state index is -0.212. The molecule has 0 aliphatic carbocycles. The van der Waals surface area contributed by atoms with E-state index in [1.807, 2.05) is 37.3 Å². The lowest BCUT2D eigenvalue weighted by Crippen LogP contribution is -2.32. The fraction of sp³-hybridized carbons (Fsp3) is 0.263. The molecular weight excluding hydrogens is 378 g/mol. The predicted octanol–water partition coefficient (Wildman–Crippen LogP) is 2.82. The predicted molar refractivity (Wildman–Crippen MR) is 106 cm³/mol. The normalized spacial score (nSPS) is 11.8. The zero-order valence-corrected chi connectivity index (χ0v) is 16.4. The maximum Gasteiger partial charge on any atom is 0.244 e. The number of likely N-dealkylation sites (N-methyl/N-ethyl adjacent to an activating group) is 1.